The number of imide groups is 1. The summed E-state index contributed by atoms with van der Waals surface area (Å²) in [7, 11) is 0. The summed E-state index contributed by atoms with van der Waals surface area (Å²) in [4.78, 5) is 69.5. The van der Waals surface area contributed by atoms with Gasteiger partial charge < -0.3 is 10.3 Å². The predicted molar refractivity (Wildman–Crippen MR) is 111 cm³/mol. The molecule has 1 fully saturated rings. The summed E-state index contributed by atoms with van der Waals surface area (Å²) in [6, 6.07) is 3.50. The van der Waals surface area contributed by atoms with E-state index in [0.29, 0.717) is 21.7 Å². The molecule has 0 atom stereocenters. The maximum absolute atomic E-state index is 12.4. The number of aryl methyl sites for hydroxylation is 1. The van der Waals surface area contributed by atoms with Crippen molar-refractivity contribution in [2.24, 2.45) is 0 Å². The van der Waals surface area contributed by atoms with Crippen LogP contribution in [0.2, 0.25) is 0 Å². The summed E-state index contributed by atoms with van der Waals surface area (Å²) >= 11 is 0.838. The monoisotopic (exact) mass is 429 g/mol. The first kappa shape index (κ1) is 21.2. The SMILES string of the molecule is Cc1[nH]c(=O)[nH]c(=O)c1CCC(=O)NCCN1C(=O)SC(=Cc2cccnc2)C1=O. The minimum atomic E-state index is -0.597. The van der Waals surface area contributed by atoms with E-state index in [9.17, 15) is 24.0 Å². The van der Waals surface area contributed by atoms with E-state index in [2.05, 4.69) is 20.3 Å². The molecule has 11 heteroatoms. The van der Waals surface area contributed by atoms with Crippen LogP contribution in [0.3, 0.4) is 0 Å². The van der Waals surface area contributed by atoms with Crippen molar-refractivity contribution in [2.45, 2.75) is 19.8 Å². The van der Waals surface area contributed by atoms with Crippen LogP contribution in [-0.2, 0) is 16.0 Å². The number of H-pyrrole nitrogens is 2. The highest BCUT2D eigenvalue weighted by atomic mass is 32.2. The molecule has 1 aliphatic rings. The second-order valence-electron chi connectivity index (χ2n) is 6.48. The maximum Gasteiger partial charge on any atom is 0.325 e. The first-order valence-electron chi connectivity index (χ1n) is 9.09. The standard InChI is InChI=1S/C19H19N5O5S/c1-11-13(16(26)23-18(28)22-11)4-5-15(25)21-7-8-24-17(27)14(30-19(24)29)9-12-3-2-6-20-10-12/h2-3,6,9-10H,4-5,7-8H2,1H3,(H,21,25)(H2,22,23,26,28). The fraction of sp³-hybridized carbons (Fsp3) is 0.263. The maximum atomic E-state index is 12.4. The highest BCUT2D eigenvalue weighted by Crippen LogP contribution is 2.31. The molecule has 1 aliphatic heterocycles. The lowest BCUT2D eigenvalue weighted by atomic mass is 10.1. The molecule has 3 heterocycles. The lowest BCUT2D eigenvalue weighted by Gasteiger charge is -2.13. The minimum Gasteiger partial charge on any atom is -0.354 e. The number of aromatic nitrogens is 3. The molecular weight excluding hydrogens is 410 g/mol. The van der Waals surface area contributed by atoms with Gasteiger partial charge in [-0.15, -0.1) is 0 Å². The normalized spacial score (nSPS) is 15.1. The number of hydrogen-bond acceptors (Lipinski definition) is 7. The minimum absolute atomic E-state index is 0.0266. The van der Waals surface area contributed by atoms with Gasteiger partial charge in [0.05, 0.1) is 4.91 Å². The number of rotatable bonds is 7. The van der Waals surface area contributed by atoms with Crippen LogP contribution in [-0.4, -0.2) is 50.0 Å². The van der Waals surface area contributed by atoms with Gasteiger partial charge in [-0.3, -0.25) is 34.0 Å². The summed E-state index contributed by atoms with van der Waals surface area (Å²) < 4.78 is 0. The van der Waals surface area contributed by atoms with Gasteiger partial charge >= 0.3 is 5.69 Å². The van der Waals surface area contributed by atoms with Gasteiger partial charge in [0.1, 0.15) is 0 Å². The molecule has 0 saturated carbocycles. The van der Waals surface area contributed by atoms with Crippen molar-refractivity contribution in [2.75, 3.05) is 13.1 Å². The van der Waals surface area contributed by atoms with Crippen LogP contribution in [0.4, 0.5) is 4.79 Å². The molecule has 1 saturated heterocycles. The quantitative estimate of drug-likeness (QED) is 0.545. The smallest absolute Gasteiger partial charge is 0.325 e. The molecule has 0 bridgehead atoms. The Hall–Kier alpha value is -3.47. The van der Waals surface area contributed by atoms with E-state index in [1.165, 1.54) is 0 Å². The second-order valence-corrected chi connectivity index (χ2v) is 7.47. The second kappa shape index (κ2) is 9.35. The Labute approximate surface area is 174 Å². The molecule has 0 aliphatic carbocycles. The summed E-state index contributed by atoms with van der Waals surface area (Å²) in [6.45, 7) is 1.72. The van der Waals surface area contributed by atoms with Crippen molar-refractivity contribution >= 4 is 34.9 Å². The third-order valence-electron chi connectivity index (χ3n) is 4.37. The van der Waals surface area contributed by atoms with Gasteiger partial charge in [0.15, 0.2) is 0 Å². The Kier molecular flexibility index (Phi) is 6.62. The van der Waals surface area contributed by atoms with Crippen molar-refractivity contribution in [3.63, 3.8) is 0 Å². The highest BCUT2D eigenvalue weighted by Gasteiger charge is 2.34. The molecular formula is C19H19N5O5S. The van der Waals surface area contributed by atoms with Gasteiger partial charge in [0.25, 0.3) is 16.7 Å². The van der Waals surface area contributed by atoms with Crippen molar-refractivity contribution in [1.82, 2.24) is 25.2 Å². The summed E-state index contributed by atoms with van der Waals surface area (Å²) in [5.74, 6) is -0.753. The molecule has 156 valence electrons. The van der Waals surface area contributed by atoms with Gasteiger partial charge in [-0.05, 0) is 42.8 Å². The van der Waals surface area contributed by atoms with Crippen molar-refractivity contribution in [1.29, 1.82) is 0 Å². The molecule has 3 rings (SSSR count). The number of amides is 3. The summed E-state index contributed by atoms with van der Waals surface area (Å²) in [5.41, 5.74) is 0.331. The molecule has 0 aromatic carbocycles. The van der Waals surface area contributed by atoms with Crippen LogP contribution < -0.4 is 16.6 Å². The molecule has 0 unspecified atom stereocenters. The molecule has 2 aromatic heterocycles. The number of nitrogens with one attached hydrogen (secondary N) is 3. The molecule has 0 radical (unpaired) electrons. The van der Waals surface area contributed by atoms with E-state index in [0.717, 1.165) is 16.7 Å². The fourth-order valence-electron chi connectivity index (χ4n) is 2.87. The average Bonchev–Trinajstić information content (AvgIpc) is 2.95. The van der Waals surface area contributed by atoms with Crippen molar-refractivity contribution < 1.29 is 14.4 Å². The van der Waals surface area contributed by atoms with E-state index in [4.69, 9.17) is 0 Å². The van der Waals surface area contributed by atoms with E-state index < -0.39 is 22.4 Å². The van der Waals surface area contributed by atoms with Gasteiger partial charge in [0.2, 0.25) is 5.91 Å². The molecule has 30 heavy (non-hydrogen) atoms. The van der Waals surface area contributed by atoms with Crippen LogP contribution in [0.5, 0.6) is 0 Å². The Bertz CT molecular complexity index is 1120. The van der Waals surface area contributed by atoms with Crippen molar-refractivity contribution in [3.8, 4) is 0 Å². The van der Waals surface area contributed by atoms with Gasteiger partial charge in [-0.1, -0.05) is 6.07 Å². The summed E-state index contributed by atoms with van der Waals surface area (Å²) in [6.07, 6.45) is 4.97. The zero-order chi connectivity index (χ0) is 21.7. The van der Waals surface area contributed by atoms with E-state index in [1.54, 1.807) is 37.5 Å². The number of hydrogen-bond donors (Lipinski definition) is 3. The Balaban J connectivity index is 1.50. The highest BCUT2D eigenvalue weighted by molar-refractivity contribution is 8.18. The van der Waals surface area contributed by atoms with E-state index in [-0.39, 0.29) is 31.8 Å². The lowest BCUT2D eigenvalue weighted by molar-refractivity contribution is -0.124. The first-order valence-corrected chi connectivity index (χ1v) is 9.91. The molecule has 10 nitrogen and oxygen atoms in total. The average molecular weight is 429 g/mol. The Morgan fingerprint density at radius 1 is 1.27 bits per heavy atom. The zero-order valence-electron chi connectivity index (χ0n) is 16.1. The summed E-state index contributed by atoms with van der Waals surface area (Å²) in [5, 5.41) is 2.22. The predicted octanol–water partition coefficient (Wildman–Crippen LogP) is 0.552. The van der Waals surface area contributed by atoms with Crippen LogP contribution in [0.25, 0.3) is 6.08 Å². The molecule has 0 spiro atoms. The lowest BCUT2D eigenvalue weighted by Crippen LogP contribution is -2.37. The van der Waals surface area contributed by atoms with Crippen LogP contribution in [0.15, 0.2) is 39.0 Å². The van der Waals surface area contributed by atoms with Gasteiger partial charge in [0, 0.05) is 43.2 Å². The van der Waals surface area contributed by atoms with Gasteiger partial charge in [-0.2, -0.15) is 0 Å². The number of nitrogens with zero attached hydrogens (tertiary/aromatic N) is 2. The van der Waals surface area contributed by atoms with Crippen LogP contribution in [0.1, 0.15) is 23.2 Å². The van der Waals surface area contributed by atoms with E-state index >= 15 is 0 Å². The third kappa shape index (κ3) is 5.11. The third-order valence-corrected chi connectivity index (χ3v) is 5.28. The van der Waals surface area contributed by atoms with Crippen LogP contribution >= 0.6 is 11.8 Å². The first-order chi connectivity index (χ1) is 14.3. The molecule has 3 N–H and O–H groups in total. The number of aromatic amines is 2. The molecule has 2 aromatic rings. The molecule has 3 amide bonds. The number of thioether (sulfide) groups is 1. The van der Waals surface area contributed by atoms with E-state index in [1.807, 2.05) is 0 Å². The zero-order valence-corrected chi connectivity index (χ0v) is 16.9. The van der Waals surface area contributed by atoms with Crippen molar-refractivity contribution in [3.05, 3.63) is 67.1 Å². The fourth-order valence-corrected chi connectivity index (χ4v) is 3.73. The number of pyridine rings is 1. The topological polar surface area (TPSA) is 145 Å². The number of carbonyl (C=O) groups excluding carboxylic acids is 3. The largest absolute Gasteiger partial charge is 0.354 e. The Morgan fingerprint density at radius 3 is 2.77 bits per heavy atom. The van der Waals surface area contributed by atoms with Gasteiger partial charge in [-0.25, -0.2) is 4.79 Å². The number of carbonyl (C=O) groups is 3. The Morgan fingerprint density at radius 2 is 2.07 bits per heavy atom. The van der Waals surface area contributed by atoms with Crippen LogP contribution in [0, 0.1) is 6.92 Å².